The molecular weight excluding hydrogens is 768 g/mol. The van der Waals surface area contributed by atoms with Crippen LogP contribution in [0.2, 0.25) is 0 Å². The van der Waals surface area contributed by atoms with Crippen LogP contribution in [0.3, 0.4) is 0 Å². The van der Waals surface area contributed by atoms with Crippen LogP contribution in [0.1, 0.15) is 50.3 Å². The third kappa shape index (κ3) is 8.67. The molecule has 0 amide bonds. The second-order valence-electron chi connectivity index (χ2n) is 14.2. The van der Waals surface area contributed by atoms with Crippen molar-refractivity contribution in [2.45, 2.75) is 63.9 Å². The van der Waals surface area contributed by atoms with Crippen molar-refractivity contribution in [3.63, 3.8) is 0 Å². The quantitative estimate of drug-likeness (QED) is 0.175. The van der Waals surface area contributed by atoms with Gasteiger partial charge < -0.3 is 46.4 Å². The predicted octanol–water partition coefficient (Wildman–Crippen LogP) is 9.62. The average molecular weight is 811 g/mol. The number of nitrogens with zero attached hydrogens (tertiary/aromatic N) is 4. The van der Waals surface area contributed by atoms with E-state index in [1.165, 1.54) is 39.0 Å². The summed E-state index contributed by atoms with van der Waals surface area (Å²) in [5, 5.41) is 55.9. The Morgan fingerprint density at radius 3 is 2.11 bits per heavy atom. The minimum atomic E-state index is -1.53. The van der Waals surface area contributed by atoms with Crippen LogP contribution in [0.15, 0.2) is 149 Å². The molecule has 11 heteroatoms. The van der Waals surface area contributed by atoms with Crippen molar-refractivity contribution in [1.82, 2.24) is 0 Å². The topological polar surface area (TPSA) is 166 Å². The maximum Gasteiger partial charge on any atom is 1.00 e. The molecule has 6 atom stereocenters. The summed E-state index contributed by atoms with van der Waals surface area (Å²) in [5.74, 6) is -2.63. The molecule has 57 heavy (non-hydrogen) atoms. The van der Waals surface area contributed by atoms with Gasteiger partial charge in [0.1, 0.15) is 0 Å². The molecule has 3 aromatic rings. The first-order valence-electron chi connectivity index (χ1n) is 18.7. The van der Waals surface area contributed by atoms with E-state index in [9.17, 15) is 9.90 Å². The van der Waals surface area contributed by atoms with E-state index in [4.69, 9.17) is 36.6 Å². The van der Waals surface area contributed by atoms with Gasteiger partial charge in [0.15, 0.2) is 11.9 Å². The Morgan fingerprint density at radius 1 is 0.807 bits per heavy atom. The minimum absolute atomic E-state index is 0. The number of aliphatic hydroxyl groups excluding tert-OH is 3. The standard InChI is InChI=1S/2C20H18N2.C6H7O6.Cu/c2*1-13-8-10-16-12-18(15-6-4-3-5-7-15)17-11-9-14(2)22-20(17)19(16)21-13;7-1-2(8)5-3(9)4(10)6(11)12-5;/h3-13,18H,1-2H3;3-14H,1-2H3;2,5,8-10H,1H2;/q2*-2;-1;+1. The molecule has 0 saturated heterocycles. The Morgan fingerprint density at radius 2 is 1.44 bits per heavy atom. The molecule has 0 radical (unpaired) electrons. The number of allylic oxidation sites excluding steroid dienone is 6. The van der Waals surface area contributed by atoms with Gasteiger partial charge in [0.25, 0.3) is 0 Å². The molecule has 3 aromatic carbocycles. The number of fused-ring (bicyclic) bond motifs is 5. The summed E-state index contributed by atoms with van der Waals surface area (Å²) in [6.45, 7) is 7.45. The zero-order chi connectivity index (χ0) is 39.5. The van der Waals surface area contributed by atoms with Crippen molar-refractivity contribution in [3.05, 3.63) is 187 Å². The Bertz CT molecular complexity index is 2260. The summed E-state index contributed by atoms with van der Waals surface area (Å²) in [6, 6.07) is 24.0. The van der Waals surface area contributed by atoms with E-state index in [2.05, 4.69) is 141 Å². The van der Waals surface area contributed by atoms with Crippen LogP contribution in [-0.2, 0) is 26.6 Å². The molecule has 0 bridgehead atoms. The Labute approximate surface area is 343 Å². The Hall–Kier alpha value is -5.71. The predicted molar refractivity (Wildman–Crippen MR) is 219 cm³/mol. The van der Waals surface area contributed by atoms with Crippen LogP contribution in [0.25, 0.3) is 44.5 Å². The smallest absolute Gasteiger partial charge is 0.853 e. The zero-order valence-electron chi connectivity index (χ0n) is 31.9. The van der Waals surface area contributed by atoms with Crippen LogP contribution >= 0.6 is 0 Å². The summed E-state index contributed by atoms with van der Waals surface area (Å²) < 4.78 is 4.28. The fourth-order valence-electron chi connectivity index (χ4n) is 7.09. The SMILES string of the molecule is CC1=CC=C2C(=C3[N-]C(C)C=CC3=CC2c2ccccc2)[N-]1.CC1C=Cc2cc(-c3ccccc3)c3c(c2[N-]1)[N-]C(C)C=C3.O=C1OC(C(O)C[O-])C(O)=C1O.[Cu+]. The van der Waals surface area contributed by atoms with E-state index in [1.54, 1.807) is 0 Å². The second kappa shape index (κ2) is 17.6. The summed E-state index contributed by atoms with van der Waals surface area (Å²) in [4.78, 5) is 10.5. The van der Waals surface area contributed by atoms with Crippen molar-refractivity contribution >= 4 is 29.5 Å². The van der Waals surface area contributed by atoms with Crippen molar-refractivity contribution < 1.29 is 47.0 Å². The molecule has 3 N–H and O–H groups in total. The molecule has 6 unspecified atom stereocenters. The van der Waals surface area contributed by atoms with Crippen molar-refractivity contribution in [1.29, 1.82) is 0 Å². The van der Waals surface area contributed by atoms with Gasteiger partial charge in [-0.1, -0.05) is 149 Å². The molecule has 6 aliphatic rings. The number of ether oxygens (including phenoxy) is 1. The van der Waals surface area contributed by atoms with Crippen LogP contribution in [0, 0.1) is 0 Å². The van der Waals surface area contributed by atoms with Crippen molar-refractivity contribution in [2.24, 2.45) is 0 Å². The summed E-state index contributed by atoms with van der Waals surface area (Å²) in [7, 11) is 0. The fraction of sp³-hybridized carbons (Fsp3) is 0.239. The maximum atomic E-state index is 10.5. The fourth-order valence-corrected chi connectivity index (χ4v) is 7.09. The van der Waals surface area contributed by atoms with E-state index in [0.717, 1.165) is 28.5 Å². The number of carbonyl (C=O) groups excluding carboxylic acids is 1. The Kier molecular flexibility index (Phi) is 12.6. The zero-order valence-corrected chi connectivity index (χ0v) is 32.8. The summed E-state index contributed by atoms with van der Waals surface area (Å²) >= 11 is 0. The van der Waals surface area contributed by atoms with Gasteiger partial charge in [-0.05, 0) is 39.5 Å². The van der Waals surface area contributed by atoms with Gasteiger partial charge in [-0.3, -0.25) is 0 Å². The maximum absolute atomic E-state index is 10.5. The monoisotopic (exact) mass is 810 g/mol. The van der Waals surface area contributed by atoms with E-state index in [0.29, 0.717) is 0 Å². The number of hydrogen-bond donors (Lipinski definition) is 3. The molecule has 0 aromatic heterocycles. The van der Waals surface area contributed by atoms with E-state index >= 15 is 0 Å². The normalized spacial score (nSPS) is 23.8. The van der Waals surface area contributed by atoms with Gasteiger partial charge in [-0.15, -0.1) is 47.5 Å². The van der Waals surface area contributed by atoms with Gasteiger partial charge in [-0.25, -0.2) is 4.79 Å². The van der Waals surface area contributed by atoms with Crippen molar-refractivity contribution in [2.75, 3.05) is 6.61 Å². The molecule has 0 saturated carbocycles. The Balaban J connectivity index is 0.000000150. The molecule has 5 heterocycles. The third-order valence-electron chi connectivity index (χ3n) is 9.94. The number of cyclic esters (lactones) is 1. The van der Waals surface area contributed by atoms with Crippen LogP contribution in [0.4, 0.5) is 11.4 Å². The average Bonchev–Trinajstić information content (AvgIpc) is 3.48. The number of esters is 1. The third-order valence-corrected chi connectivity index (χ3v) is 9.94. The van der Waals surface area contributed by atoms with Gasteiger partial charge in [0, 0.05) is 5.92 Å². The van der Waals surface area contributed by atoms with E-state index in [1.807, 2.05) is 13.0 Å². The second-order valence-corrected chi connectivity index (χ2v) is 14.2. The number of benzene rings is 3. The number of rotatable bonds is 4. The van der Waals surface area contributed by atoms with Crippen LogP contribution < -0.4 is 5.11 Å². The van der Waals surface area contributed by atoms with Crippen molar-refractivity contribution in [3.8, 4) is 11.1 Å². The van der Waals surface area contributed by atoms with Gasteiger partial charge >= 0.3 is 23.0 Å². The first-order valence-corrected chi connectivity index (χ1v) is 18.7. The number of aliphatic hydroxyl groups is 3. The largest absolute Gasteiger partial charge is 1.00 e. The molecule has 5 aliphatic heterocycles. The van der Waals surface area contributed by atoms with Gasteiger partial charge in [0.2, 0.25) is 5.76 Å². The summed E-state index contributed by atoms with van der Waals surface area (Å²) in [6.07, 6.45) is 16.7. The van der Waals surface area contributed by atoms with Crippen LogP contribution in [-0.4, -0.2) is 58.2 Å². The summed E-state index contributed by atoms with van der Waals surface area (Å²) in [5.41, 5.74) is 13.8. The van der Waals surface area contributed by atoms with E-state index in [-0.39, 0.29) is 41.1 Å². The first kappa shape index (κ1) is 40.9. The molecule has 10 nitrogen and oxygen atoms in total. The molecule has 298 valence electrons. The molecule has 1 aliphatic carbocycles. The number of hydrogen-bond acceptors (Lipinski definition) is 6. The first-order chi connectivity index (χ1) is 27.0. The van der Waals surface area contributed by atoms with Crippen LogP contribution in [0.5, 0.6) is 0 Å². The minimum Gasteiger partial charge on any atom is -0.853 e. The van der Waals surface area contributed by atoms with E-state index < -0.39 is 36.3 Å². The molecular formula is C46H43CuN4O6-4. The molecule has 0 fully saturated rings. The van der Waals surface area contributed by atoms with Gasteiger partial charge in [0.05, 0.1) is 6.10 Å². The molecule has 9 rings (SSSR count). The molecule has 0 spiro atoms. The van der Waals surface area contributed by atoms with Gasteiger partial charge in [-0.2, -0.15) is 5.70 Å². The number of carbonyl (C=O) groups is 1.